The van der Waals surface area contributed by atoms with Gasteiger partial charge in [-0.15, -0.1) is 0 Å². The SMILES string of the molecule is BrCCSCC(CBr)SCC(CBr)SCCBr. The van der Waals surface area contributed by atoms with Crippen LogP contribution in [0.3, 0.4) is 0 Å². The molecule has 0 radical (unpaired) electrons. The van der Waals surface area contributed by atoms with Crippen LogP contribution >= 0.6 is 99.0 Å². The van der Waals surface area contributed by atoms with E-state index in [1.54, 1.807) is 0 Å². The molecular weight excluding hydrogens is 536 g/mol. The van der Waals surface area contributed by atoms with E-state index in [9.17, 15) is 0 Å². The molecule has 2 atom stereocenters. The van der Waals surface area contributed by atoms with Crippen LogP contribution in [0.1, 0.15) is 0 Å². The van der Waals surface area contributed by atoms with Gasteiger partial charge in [0.05, 0.1) is 0 Å². The van der Waals surface area contributed by atoms with Crippen molar-refractivity contribution in [2.24, 2.45) is 0 Å². The van der Waals surface area contributed by atoms with E-state index in [0.29, 0.717) is 0 Å². The van der Waals surface area contributed by atoms with Gasteiger partial charge in [-0.25, -0.2) is 0 Å². The molecule has 104 valence electrons. The number of rotatable bonds is 12. The number of halogens is 4. The zero-order valence-corrected chi connectivity index (χ0v) is 18.3. The van der Waals surface area contributed by atoms with E-state index >= 15 is 0 Å². The zero-order chi connectivity index (χ0) is 12.9. The normalized spacial score (nSPS) is 14.8. The minimum Gasteiger partial charge on any atom is -0.160 e. The predicted molar refractivity (Wildman–Crippen MR) is 105 cm³/mol. The van der Waals surface area contributed by atoms with Gasteiger partial charge < -0.3 is 0 Å². The van der Waals surface area contributed by atoms with Crippen molar-refractivity contribution in [2.45, 2.75) is 10.5 Å². The topological polar surface area (TPSA) is 0 Å². The fourth-order valence-corrected chi connectivity index (χ4v) is 7.59. The molecule has 0 saturated carbocycles. The molecule has 0 bridgehead atoms. The quantitative estimate of drug-likeness (QED) is 0.231. The van der Waals surface area contributed by atoms with Gasteiger partial charge >= 0.3 is 0 Å². The van der Waals surface area contributed by atoms with Crippen LogP contribution in [0.2, 0.25) is 0 Å². The number of hydrogen-bond acceptors (Lipinski definition) is 3. The summed E-state index contributed by atoms with van der Waals surface area (Å²) in [5, 5.41) is 5.87. The van der Waals surface area contributed by atoms with E-state index in [1.807, 2.05) is 11.8 Å². The summed E-state index contributed by atoms with van der Waals surface area (Å²) in [6.45, 7) is 0. The first-order valence-corrected chi connectivity index (χ1v) is 13.1. The smallest absolute Gasteiger partial charge is 0.0235 e. The van der Waals surface area contributed by atoms with E-state index in [1.165, 1.54) is 23.0 Å². The Morgan fingerprint density at radius 1 is 0.706 bits per heavy atom. The van der Waals surface area contributed by atoms with Crippen LogP contribution in [0.15, 0.2) is 0 Å². The molecule has 0 saturated heterocycles. The highest BCUT2D eigenvalue weighted by Crippen LogP contribution is 2.25. The average Bonchev–Trinajstić information content (AvgIpc) is 2.36. The largest absolute Gasteiger partial charge is 0.160 e. The summed E-state index contributed by atoms with van der Waals surface area (Å²) >= 11 is 20.4. The maximum Gasteiger partial charge on any atom is 0.0235 e. The van der Waals surface area contributed by atoms with Crippen LogP contribution in [0.4, 0.5) is 0 Å². The van der Waals surface area contributed by atoms with Crippen LogP contribution in [-0.4, -0.2) is 54.8 Å². The van der Waals surface area contributed by atoms with E-state index < -0.39 is 0 Å². The molecule has 0 aliphatic rings. The fraction of sp³-hybridized carbons (Fsp3) is 1.00. The summed E-state index contributed by atoms with van der Waals surface area (Å²) in [6, 6.07) is 0. The van der Waals surface area contributed by atoms with Crippen molar-refractivity contribution in [3.8, 4) is 0 Å². The summed E-state index contributed by atoms with van der Waals surface area (Å²) in [7, 11) is 0. The summed E-state index contributed by atoms with van der Waals surface area (Å²) in [5.74, 6) is 4.91. The third kappa shape index (κ3) is 12.4. The first-order valence-electron chi connectivity index (χ1n) is 5.33. The molecule has 0 fully saturated rings. The van der Waals surface area contributed by atoms with Crippen molar-refractivity contribution < 1.29 is 0 Å². The van der Waals surface area contributed by atoms with Crippen molar-refractivity contribution >= 4 is 99.0 Å². The average molecular weight is 554 g/mol. The molecule has 0 aromatic heterocycles. The van der Waals surface area contributed by atoms with Crippen molar-refractivity contribution in [2.75, 3.05) is 44.3 Å². The maximum absolute atomic E-state index is 3.62. The molecule has 0 aliphatic heterocycles. The molecule has 17 heavy (non-hydrogen) atoms. The third-order valence-electron chi connectivity index (χ3n) is 1.82. The highest BCUT2D eigenvalue weighted by atomic mass is 79.9. The van der Waals surface area contributed by atoms with Crippen LogP contribution in [-0.2, 0) is 0 Å². The van der Waals surface area contributed by atoms with Crippen LogP contribution in [0.5, 0.6) is 0 Å². The molecule has 0 heterocycles. The Balaban J connectivity index is 3.69. The number of alkyl halides is 4. The van der Waals surface area contributed by atoms with Crippen molar-refractivity contribution in [1.82, 2.24) is 0 Å². The molecule has 0 aliphatic carbocycles. The Morgan fingerprint density at radius 2 is 1.29 bits per heavy atom. The molecule has 0 aromatic rings. The third-order valence-corrected chi connectivity index (χ3v) is 10.3. The monoisotopic (exact) mass is 550 g/mol. The van der Waals surface area contributed by atoms with Gasteiger partial charge in [-0.3, -0.25) is 0 Å². The van der Waals surface area contributed by atoms with E-state index in [-0.39, 0.29) is 0 Å². The van der Waals surface area contributed by atoms with Crippen molar-refractivity contribution in [3.63, 3.8) is 0 Å². The van der Waals surface area contributed by atoms with E-state index in [2.05, 4.69) is 87.2 Å². The van der Waals surface area contributed by atoms with Crippen LogP contribution in [0.25, 0.3) is 0 Å². The lowest BCUT2D eigenvalue weighted by molar-refractivity contribution is 1.11. The molecule has 2 unspecified atom stereocenters. The van der Waals surface area contributed by atoms with Gasteiger partial charge in [0.15, 0.2) is 0 Å². The first kappa shape index (κ1) is 20.0. The number of thioether (sulfide) groups is 3. The summed E-state index contributed by atoms with van der Waals surface area (Å²) in [4.78, 5) is 0. The molecule has 7 heteroatoms. The highest BCUT2D eigenvalue weighted by Gasteiger charge is 2.13. The minimum atomic E-state index is 0.736. The Hall–Kier alpha value is 2.97. The molecule has 0 spiro atoms. The van der Waals surface area contributed by atoms with Gasteiger partial charge in [0.25, 0.3) is 0 Å². The zero-order valence-electron chi connectivity index (χ0n) is 9.55. The maximum atomic E-state index is 3.62. The van der Waals surface area contributed by atoms with Gasteiger partial charge in [-0.2, -0.15) is 35.3 Å². The lowest BCUT2D eigenvalue weighted by Gasteiger charge is -2.17. The fourth-order valence-electron chi connectivity index (χ4n) is 0.998. The minimum absolute atomic E-state index is 0.736. The molecule has 0 rings (SSSR count). The van der Waals surface area contributed by atoms with E-state index in [4.69, 9.17) is 0 Å². The van der Waals surface area contributed by atoms with Gasteiger partial charge in [-0.05, 0) is 0 Å². The Bertz CT molecular complexity index is 162. The predicted octanol–water partition coefficient (Wildman–Crippen LogP) is 5.50. The molecule has 0 N–H and O–H groups in total. The second-order valence-electron chi connectivity index (χ2n) is 3.21. The van der Waals surface area contributed by atoms with Gasteiger partial charge in [-0.1, -0.05) is 63.7 Å². The molecule has 0 nitrogen and oxygen atoms in total. The van der Waals surface area contributed by atoms with Gasteiger partial charge in [0.1, 0.15) is 0 Å². The Kier molecular flexibility index (Phi) is 18.0. The summed E-state index contributed by atoms with van der Waals surface area (Å²) < 4.78 is 0. The van der Waals surface area contributed by atoms with Crippen molar-refractivity contribution in [3.05, 3.63) is 0 Å². The lowest BCUT2D eigenvalue weighted by atomic mass is 10.5. The standard InChI is InChI=1S/C10H18Br4S3/c11-1-3-15-7-9(5-13)17-8-10(6-14)16-4-2-12/h9-10H,1-8H2. The summed E-state index contributed by atoms with van der Waals surface area (Å²) in [5.41, 5.74) is 0. The van der Waals surface area contributed by atoms with Crippen molar-refractivity contribution in [1.29, 1.82) is 0 Å². The number of hydrogen-bond donors (Lipinski definition) is 0. The molecule has 0 aromatic carbocycles. The van der Waals surface area contributed by atoms with Crippen LogP contribution < -0.4 is 0 Å². The lowest BCUT2D eigenvalue weighted by Crippen LogP contribution is -2.16. The van der Waals surface area contributed by atoms with Gasteiger partial charge in [0, 0.05) is 54.8 Å². The second kappa shape index (κ2) is 15.4. The molecular formula is C10H18Br4S3. The second-order valence-corrected chi connectivity index (χ2v) is 9.98. The summed E-state index contributed by atoms with van der Waals surface area (Å²) in [6.07, 6.45) is 0. The molecule has 0 amide bonds. The van der Waals surface area contributed by atoms with E-state index in [0.717, 1.165) is 31.8 Å². The first-order chi connectivity index (χ1) is 8.28. The highest BCUT2D eigenvalue weighted by molar-refractivity contribution is 9.09. The van der Waals surface area contributed by atoms with Gasteiger partial charge in [0.2, 0.25) is 0 Å². The Morgan fingerprint density at radius 3 is 1.82 bits per heavy atom. The van der Waals surface area contributed by atoms with Crippen LogP contribution in [0, 0.1) is 0 Å². The Labute approximate surface area is 152 Å².